The molecule has 0 rings (SSSR count). The topological polar surface area (TPSA) is 38.4 Å². The van der Waals surface area contributed by atoms with Gasteiger partial charge in [0.25, 0.3) is 0 Å². The summed E-state index contributed by atoms with van der Waals surface area (Å²) in [7, 11) is 0. The van der Waals surface area contributed by atoms with E-state index in [9.17, 15) is 5.11 Å². The Labute approximate surface area is 81.0 Å². The molecule has 13 heavy (non-hydrogen) atoms. The average molecular weight is 189 g/mol. The smallest absolute Gasteiger partial charge is 0.193 e. The number of hydrogen-bond acceptors (Lipinski definition) is 2. The fourth-order valence-corrected chi connectivity index (χ4v) is 0.842. The molecular formula is C10H21O3. The van der Waals surface area contributed by atoms with Gasteiger partial charge in [0.05, 0.1) is 12.7 Å². The lowest BCUT2D eigenvalue weighted by atomic mass is 10.3. The van der Waals surface area contributed by atoms with Crippen molar-refractivity contribution in [1.29, 1.82) is 0 Å². The molecule has 0 amide bonds. The van der Waals surface area contributed by atoms with E-state index >= 15 is 0 Å². The van der Waals surface area contributed by atoms with Crippen LogP contribution in [0.4, 0.5) is 0 Å². The van der Waals surface area contributed by atoms with Crippen LogP contribution in [0.15, 0.2) is 0 Å². The Morgan fingerprint density at radius 3 is 2.38 bits per heavy atom. The molecule has 1 atom stereocenters. The highest BCUT2D eigenvalue weighted by Gasteiger charge is 2.05. The van der Waals surface area contributed by atoms with Gasteiger partial charge in [0.2, 0.25) is 0 Å². The maximum atomic E-state index is 11.1. The predicted octanol–water partition coefficient (Wildman–Crippen LogP) is 2.37. The van der Waals surface area contributed by atoms with E-state index in [1.165, 1.54) is 0 Å². The standard InChI is InChI=1S/C10H21O3/c1-4-5-7-13-10(11)6-8-12-9(2)3/h9-10H,4-8H2,1-3H3. The minimum absolute atomic E-state index is 0.197. The summed E-state index contributed by atoms with van der Waals surface area (Å²) in [5.41, 5.74) is 0. The molecule has 0 fully saturated rings. The van der Waals surface area contributed by atoms with Gasteiger partial charge in [0.15, 0.2) is 6.29 Å². The fourth-order valence-electron chi connectivity index (χ4n) is 0.842. The van der Waals surface area contributed by atoms with Crippen LogP contribution < -0.4 is 0 Å². The van der Waals surface area contributed by atoms with Crippen molar-refractivity contribution in [3.63, 3.8) is 0 Å². The van der Waals surface area contributed by atoms with Crippen molar-refractivity contribution >= 4 is 0 Å². The van der Waals surface area contributed by atoms with Crippen molar-refractivity contribution in [2.45, 2.75) is 52.4 Å². The van der Waals surface area contributed by atoms with Gasteiger partial charge in [-0.25, -0.2) is 5.11 Å². The first-order valence-corrected chi connectivity index (χ1v) is 5.05. The summed E-state index contributed by atoms with van der Waals surface area (Å²) >= 11 is 0. The van der Waals surface area contributed by atoms with Crippen molar-refractivity contribution in [2.24, 2.45) is 0 Å². The van der Waals surface area contributed by atoms with Crippen molar-refractivity contribution in [2.75, 3.05) is 13.2 Å². The van der Waals surface area contributed by atoms with Crippen LogP contribution >= 0.6 is 0 Å². The average Bonchev–Trinajstić information content (AvgIpc) is 2.04. The molecule has 0 aromatic rings. The van der Waals surface area contributed by atoms with Crippen molar-refractivity contribution in [1.82, 2.24) is 0 Å². The van der Waals surface area contributed by atoms with Gasteiger partial charge in [-0.15, -0.1) is 0 Å². The second-order valence-electron chi connectivity index (χ2n) is 3.36. The molecular weight excluding hydrogens is 168 g/mol. The first kappa shape index (κ1) is 12.9. The first-order valence-electron chi connectivity index (χ1n) is 5.05. The van der Waals surface area contributed by atoms with Gasteiger partial charge in [-0.05, 0) is 20.3 Å². The highest BCUT2D eigenvalue weighted by molar-refractivity contribution is 4.43. The zero-order chi connectivity index (χ0) is 10.1. The molecule has 0 aliphatic heterocycles. The maximum absolute atomic E-state index is 11.1. The molecule has 3 nitrogen and oxygen atoms in total. The number of rotatable bonds is 8. The van der Waals surface area contributed by atoms with Crippen LogP contribution in [0.5, 0.6) is 0 Å². The van der Waals surface area contributed by atoms with E-state index < -0.39 is 6.29 Å². The summed E-state index contributed by atoms with van der Waals surface area (Å²) in [6.45, 7) is 7.06. The van der Waals surface area contributed by atoms with E-state index in [2.05, 4.69) is 6.92 Å². The summed E-state index contributed by atoms with van der Waals surface area (Å²) in [6.07, 6.45) is 1.76. The molecule has 0 heterocycles. The van der Waals surface area contributed by atoms with Gasteiger partial charge in [0.1, 0.15) is 0 Å². The Morgan fingerprint density at radius 1 is 1.15 bits per heavy atom. The zero-order valence-corrected chi connectivity index (χ0v) is 8.91. The third-order valence-corrected chi connectivity index (χ3v) is 1.61. The Hall–Kier alpha value is -0.120. The molecule has 0 aliphatic rings. The molecule has 0 spiro atoms. The molecule has 1 unspecified atom stereocenters. The molecule has 1 radical (unpaired) electrons. The summed E-state index contributed by atoms with van der Waals surface area (Å²) in [4.78, 5) is 0. The highest BCUT2D eigenvalue weighted by Crippen LogP contribution is 1.99. The number of unbranched alkanes of at least 4 members (excludes halogenated alkanes) is 1. The zero-order valence-electron chi connectivity index (χ0n) is 8.91. The van der Waals surface area contributed by atoms with Crippen LogP contribution in [0.2, 0.25) is 0 Å². The summed E-state index contributed by atoms with van der Waals surface area (Å²) in [5.74, 6) is 0. The molecule has 0 N–H and O–H groups in total. The van der Waals surface area contributed by atoms with Gasteiger partial charge >= 0.3 is 0 Å². The minimum Gasteiger partial charge on any atom is -0.379 e. The lowest BCUT2D eigenvalue weighted by Gasteiger charge is -2.11. The second-order valence-corrected chi connectivity index (χ2v) is 3.36. The molecule has 0 saturated heterocycles. The van der Waals surface area contributed by atoms with Crippen molar-refractivity contribution < 1.29 is 14.6 Å². The van der Waals surface area contributed by atoms with E-state index in [-0.39, 0.29) is 6.10 Å². The number of ether oxygens (including phenoxy) is 2. The minimum atomic E-state index is -0.912. The predicted molar refractivity (Wildman–Crippen MR) is 51.0 cm³/mol. The molecule has 0 aromatic heterocycles. The summed E-state index contributed by atoms with van der Waals surface area (Å²) < 4.78 is 10.3. The molecule has 0 aromatic carbocycles. The highest BCUT2D eigenvalue weighted by atomic mass is 16.6. The fraction of sp³-hybridized carbons (Fsp3) is 1.00. The van der Waals surface area contributed by atoms with Crippen LogP contribution in [-0.2, 0) is 14.6 Å². The van der Waals surface area contributed by atoms with Gasteiger partial charge < -0.3 is 9.47 Å². The summed E-state index contributed by atoms with van der Waals surface area (Å²) in [6, 6.07) is 0. The van der Waals surface area contributed by atoms with Gasteiger partial charge in [-0.2, -0.15) is 0 Å². The van der Waals surface area contributed by atoms with E-state index in [0.29, 0.717) is 19.6 Å². The van der Waals surface area contributed by atoms with Gasteiger partial charge in [0, 0.05) is 13.0 Å². The molecule has 79 valence electrons. The second kappa shape index (κ2) is 8.48. The van der Waals surface area contributed by atoms with Crippen LogP contribution in [0.1, 0.15) is 40.0 Å². The summed E-state index contributed by atoms with van der Waals surface area (Å²) in [5, 5.41) is 11.1. The third-order valence-electron chi connectivity index (χ3n) is 1.61. The molecule has 3 heteroatoms. The van der Waals surface area contributed by atoms with E-state index in [0.717, 1.165) is 12.8 Å². The number of hydrogen-bond donors (Lipinski definition) is 0. The Kier molecular flexibility index (Phi) is 8.40. The quantitative estimate of drug-likeness (QED) is 0.434. The lowest BCUT2D eigenvalue weighted by molar-refractivity contribution is -0.152. The van der Waals surface area contributed by atoms with Crippen molar-refractivity contribution in [3.8, 4) is 0 Å². The van der Waals surface area contributed by atoms with Crippen LogP contribution in [0.25, 0.3) is 0 Å². The lowest BCUT2D eigenvalue weighted by Crippen LogP contribution is -2.15. The van der Waals surface area contributed by atoms with Gasteiger partial charge in [-0.1, -0.05) is 13.3 Å². The Bertz CT molecular complexity index is 104. The molecule has 0 bridgehead atoms. The first-order chi connectivity index (χ1) is 6.16. The SMILES string of the molecule is CCCCOC([O])CCOC(C)C. The Balaban J connectivity index is 3.15. The third kappa shape index (κ3) is 9.80. The van der Waals surface area contributed by atoms with Crippen LogP contribution in [0.3, 0.4) is 0 Å². The van der Waals surface area contributed by atoms with Gasteiger partial charge in [-0.3, -0.25) is 0 Å². The molecule has 0 aliphatic carbocycles. The van der Waals surface area contributed by atoms with E-state index in [4.69, 9.17) is 9.47 Å². The maximum Gasteiger partial charge on any atom is 0.193 e. The van der Waals surface area contributed by atoms with Crippen LogP contribution in [0, 0.1) is 0 Å². The van der Waals surface area contributed by atoms with E-state index in [1.807, 2.05) is 13.8 Å². The van der Waals surface area contributed by atoms with E-state index in [1.54, 1.807) is 0 Å². The largest absolute Gasteiger partial charge is 0.379 e. The normalized spacial score (nSPS) is 13.6. The molecule has 0 saturated carbocycles. The monoisotopic (exact) mass is 189 g/mol. The van der Waals surface area contributed by atoms with Crippen LogP contribution in [-0.4, -0.2) is 25.6 Å². The van der Waals surface area contributed by atoms with Crippen molar-refractivity contribution in [3.05, 3.63) is 0 Å². The Morgan fingerprint density at radius 2 is 1.85 bits per heavy atom.